The van der Waals surface area contributed by atoms with Crippen LogP contribution in [-0.2, 0) is 11.3 Å². The Morgan fingerprint density at radius 2 is 2.17 bits per heavy atom. The number of benzene rings is 1. The lowest BCUT2D eigenvalue weighted by atomic mass is 10.1. The van der Waals surface area contributed by atoms with Gasteiger partial charge < -0.3 is 25.6 Å². The van der Waals surface area contributed by atoms with Crippen LogP contribution in [0.2, 0.25) is 5.02 Å². The van der Waals surface area contributed by atoms with Gasteiger partial charge in [0.15, 0.2) is 5.65 Å². The van der Waals surface area contributed by atoms with Crippen molar-refractivity contribution in [1.29, 1.82) is 0 Å². The van der Waals surface area contributed by atoms with Crippen molar-refractivity contribution in [2.45, 2.75) is 26.4 Å². The highest BCUT2D eigenvalue weighted by atomic mass is 35.5. The van der Waals surface area contributed by atoms with E-state index in [1.165, 1.54) is 6.33 Å². The largest absolute Gasteiger partial charge is 0.492 e. The molecule has 0 radical (unpaired) electrons. The molecule has 1 atom stereocenters. The number of halogens is 1. The summed E-state index contributed by atoms with van der Waals surface area (Å²) in [5.41, 5.74) is 8.26. The number of hydrogen-bond donors (Lipinski definition) is 2. The van der Waals surface area contributed by atoms with E-state index in [0.29, 0.717) is 71.9 Å². The van der Waals surface area contributed by atoms with Gasteiger partial charge in [-0.3, -0.25) is 9.79 Å². The molecular weight excluding hydrogens is 470 g/mol. The summed E-state index contributed by atoms with van der Waals surface area (Å²) in [4.78, 5) is 30.4. The van der Waals surface area contributed by atoms with Crippen LogP contribution in [0.25, 0.3) is 11.0 Å². The molecule has 3 aromatic rings. The monoisotopic (exact) mass is 497 g/mol. The maximum atomic E-state index is 13.4. The number of nitrogen functional groups attached to an aromatic ring is 1. The van der Waals surface area contributed by atoms with E-state index >= 15 is 0 Å². The molecule has 0 aliphatic carbocycles. The van der Waals surface area contributed by atoms with Crippen LogP contribution in [0.4, 0.5) is 11.5 Å². The molecule has 35 heavy (non-hydrogen) atoms. The fourth-order valence-corrected chi connectivity index (χ4v) is 4.77. The molecule has 2 aromatic heterocycles. The summed E-state index contributed by atoms with van der Waals surface area (Å²) >= 11 is 6.25. The standard InChI is InChI=1S/C23H28ClN9O2/c1-3-35-17-10-15(4-5-16(17)24)31-8-9-32(14(2)11-31)18(34)12-33-23-19(21(25)28-13-29-23)20(30-33)22-26-6-7-27-22/h4-5,10,13-14H,3,6-9,11-12H2,1-2H3,(H,26,27)(H2,25,28,29)/t14-/m0/s1. The van der Waals surface area contributed by atoms with Crippen LogP contribution in [0.1, 0.15) is 19.5 Å². The van der Waals surface area contributed by atoms with Crippen LogP contribution in [0.5, 0.6) is 5.75 Å². The number of hydrogen-bond acceptors (Lipinski definition) is 9. The lowest BCUT2D eigenvalue weighted by molar-refractivity contribution is -0.134. The van der Waals surface area contributed by atoms with Crippen molar-refractivity contribution < 1.29 is 9.53 Å². The summed E-state index contributed by atoms with van der Waals surface area (Å²) in [6.45, 7) is 7.96. The first kappa shape index (κ1) is 23.2. The van der Waals surface area contributed by atoms with Crippen LogP contribution in [0.15, 0.2) is 29.5 Å². The van der Waals surface area contributed by atoms with E-state index in [1.807, 2.05) is 36.9 Å². The second kappa shape index (κ2) is 9.57. The van der Waals surface area contributed by atoms with Crippen LogP contribution in [0, 0.1) is 0 Å². The average molecular weight is 498 g/mol. The van der Waals surface area contributed by atoms with Crippen molar-refractivity contribution in [1.82, 2.24) is 30.0 Å². The number of nitrogens with one attached hydrogen (secondary N) is 1. The van der Waals surface area contributed by atoms with Gasteiger partial charge in [0.25, 0.3) is 0 Å². The van der Waals surface area contributed by atoms with Crippen molar-refractivity contribution in [2.75, 3.05) is 50.0 Å². The third kappa shape index (κ3) is 4.43. The molecule has 1 saturated heterocycles. The number of aromatic nitrogens is 4. The van der Waals surface area contributed by atoms with Gasteiger partial charge in [0.2, 0.25) is 5.91 Å². The zero-order chi connectivity index (χ0) is 24.5. The van der Waals surface area contributed by atoms with Gasteiger partial charge in [-0.1, -0.05) is 11.6 Å². The van der Waals surface area contributed by atoms with Crippen molar-refractivity contribution in [3.8, 4) is 5.75 Å². The molecule has 0 saturated carbocycles. The summed E-state index contributed by atoms with van der Waals surface area (Å²) in [6.07, 6.45) is 1.39. The zero-order valence-electron chi connectivity index (χ0n) is 19.7. The minimum atomic E-state index is -0.0299. The van der Waals surface area contributed by atoms with E-state index in [1.54, 1.807) is 4.68 Å². The second-order valence-electron chi connectivity index (χ2n) is 8.55. The summed E-state index contributed by atoms with van der Waals surface area (Å²) in [7, 11) is 0. The Kier molecular flexibility index (Phi) is 6.33. The van der Waals surface area contributed by atoms with Gasteiger partial charge in [0.1, 0.15) is 36.0 Å². The van der Waals surface area contributed by atoms with Gasteiger partial charge >= 0.3 is 0 Å². The van der Waals surface area contributed by atoms with E-state index in [0.717, 1.165) is 12.2 Å². The topological polar surface area (TPSA) is 127 Å². The highest BCUT2D eigenvalue weighted by molar-refractivity contribution is 6.32. The van der Waals surface area contributed by atoms with Crippen molar-refractivity contribution >= 4 is 45.9 Å². The molecular formula is C23H28ClN9O2. The Morgan fingerprint density at radius 1 is 1.31 bits per heavy atom. The summed E-state index contributed by atoms with van der Waals surface area (Å²) in [5, 5.41) is 9.06. The number of rotatable bonds is 6. The fourth-order valence-electron chi connectivity index (χ4n) is 4.60. The van der Waals surface area contributed by atoms with E-state index in [2.05, 4.69) is 30.3 Å². The molecule has 3 N–H and O–H groups in total. The van der Waals surface area contributed by atoms with Crippen molar-refractivity contribution in [2.24, 2.45) is 4.99 Å². The van der Waals surface area contributed by atoms with Gasteiger partial charge in [-0.15, -0.1) is 0 Å². The number of nitrogens with two attached hydrogens (primary N) is 1. The van der Waals surface area contributed by atoms with Gasteiger partial charge in [-0.05, 0) is 26.0 Å². The van der Waals surface area contributed by atoms with E-state index in [9.17, 15) is 4.79 Å². The molecule has 2 aliphatic heterocycles. The molecule has 1 aromatic carbocycles. The molecule has 1 amide bonds. The number of ether oxygens (including phenoxy) is 1. The summed E-state index contributed by atoms with van der Waals surface area (Å²) in [5.74, 6) is 1.61. The number of carbonyl (C=O) groups excluding carboxylic acids is 1. The van der Waals surface area contributed by atoms with Crippen LogP contribution < -0.4 is 20.7 Å². The number of aliphatic imine (C=N–C) groups is 1. The molecule has 1 fully saturated rings. The lowest BCUT2D eigenvalue weighted by Crippen LogP contribution is -2.54. The predicted molar refractivity (Wildman–Crippen MR) is 135 cm³/mol. The molecule has 5 rings (SSSR count). The quantitative estimate of drug-likeness (QED) is 0.525. The highest BCUT2D eigenvalue weighted by Crippen LogP contribution is 2.31. The first-order valence-corrected chi connectivity index (χ1v) is 12.1. The SMILES string of the molecule is CCOc1cc(N2CCN(C(=O)Cn3nc(C4=NCCN4)c4c(N)ncnc43)[C@@H](C)C2)ccc1Cl. The van der Waals surface area contributed by atoms with Crippen LogP contribution in [-0.4, -0.2) is 81.8 Å². The molecule has 0 spiro atoms. The van der Waals surface area contributed by atoms with Crippen molar-refractivity contribution in [3.63, 3.8) is 0 Å². The predicted octanol–water partition coefficient (Wildman–Crippen LogP) is 1.55. The number of fused-ring (bicyclic) bond motifs is 1. The van der Waals surface area contributed by atoms with Gasteiger partial charge in [0.05, 0.1) is 23.6 Å². The second-order valence-corrected chi connectivity index (χ2v) is 8.96. The zero-order valence-corrected chi connectivity index (χ0v) is 20.5. The van der Waals surface area contributed by atoms with E-state index in [4.69, 9.17) is 22.1 Å². The minimum Gasteiger partial charge on any atom is -0.492 e. The van der Waals surface area contributed by atoms with Gasteiger partial charge in [-0.2, -0.15) is 5.10 Å². The fraction of sp³-hybridized carbons (Fsp3) is 0.435. The van der Waals surface area contributed by atoms with Crippen molar-refractivity contribution in [3.05, 3.63) is 35.2 Å². The molecule has 0 bridgehead atoms. The molecule has 4 heterocycles. The molecule has 184 valence electrons. The Hall–Kier alpha value is -3.60. The Morgan fingerprint density at radius 3 is 2.91 bits per heavy atom. The van der Waals surface area contributed by atoms with Crippen LogP contribution in [0.3, 0.4) is 0 Å². The third-order valence-electron chi connectivity index (χ3n) is 6.27. The number of anilines is 2. The van der Waals surface area contributed by atoms with Gasteiger partial charge in [0, 0.05) is 44.0 Å². The molecule has 0 unspecified atom stereocenters. The maximum Gasteiger partial charge on any atom is 0.244 e. The number of carbonyl (C=O) groups is 1. The summed E-state index contributed by atoms with van der Waals surface area (Å²) in [6, 6.07) is 5.79. The minimum absolute atomic E-state index is 0.00402. The Balaban J connectivity index is 1.33. The first-order chi connectivity index (χ1) is 17.0. The molecule has 12 heteroatoms. The Bertz CT molecular complexity index is 1290. The highest BCUT2D eigenvalue weighted by Gasteiger charge is 2.29. The first-order valence-electron chi connectivity index (χ1n) is 11.7. The normalized spacial score (nSPS) is 18.0. The average Bonchev–Trinajstić information content (AvgIpc) is 3.50. The molecule has 2 aliphatic rings. The van der Waals surface area contributed by atoms with Gasteiger partial charge in [-0.25, -0.2) is 14.6 Å². The number of piperazine rings is 1. The number of amides is 1. The van der Waals surface area contributed by atoms with Crippen LogP contribution >= 0.6 is 11.6 Å². The maximum absolute atomic E-state index is 13.4. The number of amidine groups is 1. The van der Waals surface area contributed by atoms with E-state index < -0.39 is 0 Å². The number of nitrogens with zero attached hydrogens (tertiary/aromatic N) is 7. The smallest absolute Gasteiger partial charge is 0.244 e. The summed E-state index contributed by atoms with van der Waals surface area (Å²) < 4.78 is 7.24. The Labute approximate surface area is 207 Å². The van der Waals surface area contributed by atoms with E-state index in [-0.39, 0.29) is 18.5 Å². The third-order valence-corrected chi connectivity index (χ3v) is 6.58. The lowest BCUT2D eigenvalue weighted by Gasteiger charge is -2.41. The molecule has 11 nitrogen and oxygen atoms in total.